The van der Waals surface area contributed by atoms with Crippen molar-refractivity contribution >= 4 is 16.5 Å². The first-order chi connectivity index (χ1) is 8.08. The van der Waals surface area contributed by atoms with Gasteiger partial charge in [-0.2, -0.15) is 8.42 Å². The zero-order chi connectivity index (χ0) is 12.3. The number of nitrogens with zero attached hydrogens (tertiary/aromatic N) is 2. The number of hydrogen-bond acceptors (Lipinski definition) is 6. The van der Waals surface area contributed by atoms with E-state index in [0.29, 0.717) is 0 Å². The number of hydrogen-bond donors (Lipinski definition) is 1. The predicted octanol–water partition coefficient (Wildman–Crippen LogP) is 0.935. The second-order valence-corrected chi connectivity index (χ2v) is 4.91. The summed E-state index contributed by atoms with van der Waals surface area (Å²) < 4.78 is 28.4. The van der Waals surface area contributed by atoms with Gasteiger partial charge in [-0.05, 0) is 19.1 Å². The molecular formula is C10H11N3O3S. The Hall–Kier alpha value is -1.86. The van der Waals surface area contributed by atoms with E-state index in [-0.39, 0.29) is 4.90 Å². The van der Waals surface area contributed by atoms with Crippen molar-refractivity contribution in [1.82, 2.24) is 10.6 Å². The number of benzene rings is 1. The standard InChI is InChI=1S/C10H11N3O3S/c1-9-2-4-10(5-3-9)17(14,15)16-13-8-11-6-7-12-13/h2-8,12H,1H3. The normalized spacial score (nSPS) is 14.8. The maximum Gasteiger partial charge on any atom is 0.319 e. The molecule has 0 aromatic heterocycles. The molecule has 1 N–H and O–H groups in total. The number of aliphatic imine (C=N–C) groups is 1. The third-order valence-corrected chi connectivity index (χ3v) is 3.23. The first kappa shape index (κ1) is 11.6. The fourth-order valence-corrected chi connectivity index (χ4v) is 2.03. The average Bonchev–Trinajstić information content (AvgIpc) is 2.30. The Labute approximate surface area is 99.3 Å². The van der Waals surface area contributed by atoms with Gasteiger partial charge in [0.15, 0.2) is 0 Å². The third kappa shape index (κ3) is 2.83. The van der Waals surface area contributed by atoms with Crippen molar-refractivity contribution in [2.24, 2.45) is 4.99 Å². The van der Waals surface area contributed by atoms with Crippen LogP contribution in [0.25, 0.3) is 0 Å². The molecule has 1 aliphatic rings. The Morgan fingerprint density at radius 1 is 1.29 bits per heavy atom. The molecule has 0 unspecified atom stereocenters. The molecule has 0 amide bonds. The van der Waals surface area contributed by atoms with Gasteiger partial charge in [0, 0.05) is 12.4 Å². The van der Waals surface area contributed by atoms with Crippen LogP contribution in [0.15, 0.2) is 46.6 Å². The summed E-state index contributed by atoms with van der Waals surface area (Å²) in [6.45, 7) is 1.88. The lowest BCUT2D eigenvalue weighted by atomic mass is 10.2. The molecular weight excluding hydrogens is 242 g/mol. The van der Waals surface area contributed by atoms with E-state index < -0.39 is 10.1 Å². The van der Waals surface area contributed by atoms with Crippen molar-refractivity contribution in [3.05, 3.63) is 42.2 Å². The van der Waals surface area contributed by atoms with E-state index in [0.717, 1.165) is 10.7 Å². The van der Waals surface area contributed by atoms with E-state index in [1.807, 2.05) is 6.92 Å². The Morgan fingerprint density at radius 2 is 2.00 bits per heavy atom. The molecule has 2 rings (SSSR count). The zero-order valence-electron chi connectivity index (χ0n) is 9.07. The highest BCUT2D eigenvalue weighted by atomic mass is 32.2. The van der Waals surface area contributed by atoms with E-state index in [1.165, 1.54) is 30.9 Å². The minimum Gasteiger partial charge on any atom is -0.278 e. The molecule has 0 saturated heterocycles. The first-order valence-corrected chi connectivity index (χ1v) is 6.24. The van der Waals surface area contributed by atoms with E-state index in [4.69, 9.17) is 4.28 Å². The maximum atomic E-state index is 11.8. The van der Waals surface area contributed by atoms with Crippen LogP contribution in [0, 0.1) is 6.92 Å². The smallest absolute Gasteiger partial charge is 0.278 e. The largest absolute Gasteiger partial charge is 0.319 e. The van der Waals surface area contributed by atoms with Gasteiger partial charge in [0.25, 0.3) is 0 Å². The van der Waals surface area contributed by atoms with Gasteiger partial charge in [-0.25, -0.2) is 4.99 Å². The van der Waals surface area contributed by atoms with Crippen LogP contribution in [0.4, 0.5) is 0 Å². The van der Waals surface area contributed by atoms with Gasteiger partial charge in [0.1, 0.15) is 6.34 Å². The molecule has 1 aromatic carbocycles. The van der Waals surface area contributed by atoms with Crippen molar-refractivity contribution in [2.75, 3.05) is 0 Å². The molecule has 0 fully saturated rings. The lowest BCUT2D eigenvalue weighted by Gasteiger charge is -2.18. The monoisotopic (exact) mass is 253 g/mol. The van der Waals surface area contributed by atoms with Gasteiger partial charge in [-0.3, -0.25) is 5.43 Å². The van der Waals surface area contributed by atoms with Gasteiger partial charge >= 0.3 is 10.1 Å². The molecule has 0 saturated carbocycles. The van der Waals surface area contributed by atoms with Crippen LogP contribution in [0.1, 0.15) is 5.56 Å². The highest BCUT2D eigenvalue weighted by Gasteiger charge is 2.19. The second-order valence-electron chi connectivity index (χ2n) is 3.38. The summed E-state index contributed by atoms with van der Waals surface area (Å²) in [5, 5.41) is 0.912. The molecule has 1 aliphatic heterocycles. The molecule has 0 radical (unpaired) electrons. The molecule has 1 aromatic rings. The topological polar surface area (TPSA) is 71.0 Å². The minimum absolute atomic E-state index is 0.0906. The summed E-state index contributed by atoms with van der Waals surface area (Å²) in [7, 11) is -3.84. The Morgan fingerprint density at radius 3 is 2.59 bits per heavy atom. The number of rotatable bonds is 3. The summed E-state index contributed by atoms with van der Waals surface area (Å²) >= 11 is 0. The lowest BCUT2D eigenvalue weighted by molar-refractivity contribution is -0.00290. The SMILES string of the molecule is Cc1ccc(S(=O)(=O)ON2C=NC=CN2)cc1. The summed E-state index contributed by atoms with van der Waals surface area (Å²) in [6.07, 6.45) is 4.13. The highest BCUT2D eigenvalue weighted by molar-refractivity contribution is 7.86. The van der Waals surface area contributed by atoms with Crippen LogP contribution in [-0.4, -0.2) is 19.9 Å². The van der Waals surface area contributed by atoms with E-state index >= 15 is 0 Å². The lowest BCUT2D eigenvalue weighted by Crippen LogP contribution is -2.36. The van der Waals surface area contributed by atoms with Gasteiger partial charge in [0.2, 0.25) is 0 Å². The zero-order valence-corrected chi connectivity index (χ0v) is 9.89. The Bertz CT molecular complexity index is 549. The summed E-state index contributed by atoms with van der Waals surface area (Å²) in [5.74, 6) is 0. The molecule has 1 heterocycles. The van der Waals surface area contributed by atoms with Crippen molar-refractivity contribution in [2.45, 2.75) is 11.8 Å². The fourth-order valence-electron chi connectivity index (χ4n) is 1.18. The minimum atomic E-state index is -3.84. The van der Waals surface area contributed by atoms with Gasteiger partial charge in [0.05, 0.1) is 4.90 Å². The molecule has 17 heavy (non-hydrogen) atoms. The number of nitrogens with one attached hydrogen (secondary N) is 1. The highest BCUT2D eigenvalue weighted by Crippen LogP contribution is 2.13. The molecule has 0 spiro atoms. The second kappa shape index (κ2) is 4.56. The molecule has 0 bridgehead atoms. The number of hydroxylamine groups is 1. The molecule has 90 valence electrons. The summed E-state index contributed by atoms with van der Waals surface area (Å²) in [4.78, 5) is 3.81. The molecule has 0 atom stereocenters. The summed E-state index contributed by atoms with van der Waals surface area (Å²) in [6, 6.07) is 6.38. The Kier molecular flexibility index (Phi) is 3.12. The van der Waals surface area contributed by atoms with Crippen molar-refractivity contribution < 1.29 is 12.7 Å². The van der Waals surface area contributed by atoms with Crippen molar-refractivity contribution in [1.29, 1.82) is 0 Å². The van der Waals surface area contributed by atoms with Crippen LogP contribution >= 0.6 is 0 Å². The van der Waals surface area contributed by atoms with Crippen molar-refractivity contribution in [3.8, 4) is 0 Å². The van der Waals surface area contributed by atoms with E-state index in [2.05, 4.69) is 10.4 Å². The average molecular weight is 253 g/mol. The fraction of sp³-hybridized carbons (Fsp3) is 0.100. The molecule has 6 nitrogen and oxygen atoms in total. The molecule has 0 aliphatic carbocycles. The van der Waals surface area contributed by atoms with E-state index in [9.17, 15) is 8.42 Å². The van der Waals surface area contributed by atoms with Gasteiger partial charge in [-0.1, -0.05) is 17.7 Å². The Balaban J connectivity index is 2.16. The quantitative estimate of drug-likeness (QED) is 0.867. The summed E-state index contributed by atoms with van der Waals surface area (Å²) in [5.41, 5.74) is 3.53. The number of aryl methyl sites for hydroxylation is 1. The number of hydrazine groups is 1. The van der Waals surface area contributed by atoms with E-state index in [1.54, 1.807) is 12.1 Å². The maximum absolute atomic E-state index is 11.8. The van der Waals surface area contributed by atoms with Crippen LogP contribution in [0.2, 0.25) is 0 Å². The molecule has 7 heteroatoms. The predicted molar refractivity (Wildman–Crippen MR) is 62.1 cm³/mol. The van der Waals surface area contributed by atoms with Crippen LogP contribution < -0.4 is 5.43 Å². The first-order valence-electron chi connectivity index (χ1n) is 4.83. The van der Waals surface area contributed by atoms with Gasteiger partial charge in [-0.15, -0.1) is 9.46 Å². The third-order valence-electron chi connectivity index (χ3n) is 2.02. The van der Waals surface area contributed by atoms with Crippen LogP contribution in [-0.2, 0) is 14.4 Å². The van der Waals surface area contributed by atoms with Crippen molar-refractivity contribution in [3.63, 3.8) is 0 Å². The van der Waals surface area contributed by atoms with Crippen LogP contribution in [0.5, 0.6) is 0 Å². The van der Waals surface area contributed by atoms with Crippen LogP contribution in [0.3, 0.4) is 0 Å². The van der Waals surface area contributed by atoms with Gasteiger partial charge < -0.3 is 0 Å².